The third-order valence-electron chi connectivity index (χ3n) is 3.85. The highest BCUT2D eigenvalue weighted by Crippen LogP contribution is 2.47. The molecule has 4 heteroatoms. The van der Waals surface area contributed by atoms with Crippen molar-refractivity contribution < 1.29 is 4.74 Å². The summed E-state index contributed by atoms with van der Waals surface area (Å²) in [5.41, 5.74) is 2.65. The second kappa shape index (κ2) is 3.68. The Bertz CT molecular complexity index is 499. The summed E-state index contributed by atoms with van der Waals surface area (Å²) in [6.45, 7) is 1.82. The number of hydrogen-bond acceptors (Lipinski definition) is 3. The van der Waals surface area contributed by atoms with E-state index in [4.69, 9.17) is 4.74 Å². The van der Waals surface area contributed by atoms with Crippen molar-refractivity contribution in [2.75, 3.05) is 13.2 Å². The molecule has 0 aromatic carbocycles. The molecule has 0 saturated carbocycles. The second-order valence-electron chi connectivity index (χ2n) is 4.81. The first-order chi connectivity index (χ1) is 8.45. The summed E-state index contributed by atoms with van der Waals surface area (Å²) in [5, 5.41) is 2.19. The standard InChI is InChI=1S/C13H14N2OS/c1-2-9(7-16-4-1)12-13-10(3-5-17-13)11-6-14-8-15(11)12/h3,5-6,8-9,12H,1-2,4,7H2. The lowest BCUT2D eigenvalue weighted by Gasteiger charge is -2.28. The lowest BCUT2D eigenvalue weighted by molar-refractivity contribution is 0.0413. The highest BCUT2D eigenvalue weighted by molar-refractivity contribution is 7.10. The van der Waals surface area contributed by atoms with Crippen LogP contribution in [0.4, 0.5) is 0 Å². The van der Waals surface area contributed by atoms with Crippen LogP contribution in [0.5, 0.6) is 0 Å². The molecule has 0 N–H and O–H groups in total. The van der Waals surface area contributed by atoms with Gasteiger partial charge in [0.2, 0.25) is 0 Å². The summed E-state index contributed by atoms with van der Waals surface area (Å²) >= 11 is 1.87. The number of nitrogens with zero attached hydrogens (tertiary/aromatic N) is 2. The molecule has 0 radical (unpaired) electrons. The fraction of sp³-hybridized carbons (Fsp3) is 0.462. The smallest absolute Gasteiger partial charge is 0.0957 e. The lowest BCUT2D eigenvalue weighted by Crippen LogP contribution is -2.26. The largest absolute Gasteiger partial charge is 0.381 e. The molecule has 0 bridgehead atoms. The van der Waals surface area contributed by atoms with Gasteiger partial charge in [-0.15, -0.1) is 11.3 Å². The van der Waals surface area contributed by atoms with Crippen molar-refractivity contribution in [2.24, 2.45) is 5.92 Å². The Morgan fingerprint density at radius 3 is 3.35 bits per heavy atom. The first-order valence-corrected chi connectivity index (χ1v) is 7.00. The maximum Gasteiger partial charge on any atom is 0.0957 e. The second-order valence-corrected chi connectivity index (χ2v) is 5.75. The van der Waals surface area contributed by atoms with Crippen LogP contribution in [0.1, 0.15) is 23.8 Å². The van der Waals surface area contributed by atoms with Gasteiger partial charge in [-0.1, -0.05) is 0 Å². The average molecular weight is 246 g/mol. The summed E-state index contributed by atoms with van der Waals surface area (Å²) in [6, 6.07) is 2.68. The molecule has 88 valence electrons. The van der Waals surface area contributed by atoms with Gasteiger partial charge in [-0.25, -0.2) is 4.98 Å². The maximum atomic E-state index is 5.65. The van der Waals surface area contributed by atoms with E-state index in [0.29, 0.717) is 12.0 Å². The van der Waals surface area contributed by atoms with Gasteiger partial charge in [0.25, 0.3) is 0 Å². The van der Waals surface area contributed by atoms with Gasteiger partial charge in [-0.05, 0) is 24.3 Å². The quantitative estimate of drug-likeness (QED) is 0.773. The molecule has 2 unspecified atom stereocenters. The highest BCUT2D eigenvalue weighted by atomic mass is 32.1. The summed E-state index contributed by atoms with van der Waals surface area (Å²) in [4.78, 5) is 5.79. The summed E-state index contributed by atoms with van der Waals surface area (Å²) in [5.74, 6) is 0.608. The molecule has 2 atom stereocenters. The molecule has 2 aliphatic heterocycles. The fourth-order valence-corrected chi connectivity index (χ4v) is 4.17. The van der Waals surface area contributed by atoms with Gasteiger partial charge in [-0.3, -0.25) is 0 Å². The summed E-state index contributed by atoms with van der Waals surface area (Å²) in [7, 11) is 0. The third-order valence-corrected chi connectivity index (χ3v) is 4.84. The summed E-state index contributed by atoms with van der Waals surface area (Å²) < 4.78 is 7.98. The average Bonchev–Trinajstić information content (AvgIpc) is 3.01. The van der Waals surface area contributed by atoms with Crippen molar-refractivity contribution in [3.05, 3.63) is 28.8 Å². The third kappa shape index (κ3) is 1.34. The molecule has 1 fully saturated rings. The molecule has 3 nitrogen and oxygen atoms in total. The van der Waals surface area contributed by atoms with Gasteiger partial charge >= 0.3 is 0 Å². The van der Waals surface area contributed by atoms with Gasteiger partial charge < -0.3 is 9.30 Å². The molecule has 4 heterocycles. The molecule has 0 aliphatic carbocycles. The highest BCUT2D eigenvalue weighted by Gasteiger charge is 2.36. The number of aromatic nitrogens is 2. The van der Waals surface area contributed by atoms with Crippen molar-refractivity contribution in [1.29, 1.82) is 0 Å². The molecule has 17 heavy (non-hydrogen) atoms. The van der Waals surface area contributed by atoms with Crippen LogP contribution >= 0.6 is 11.3 Å². The van der Waals surface area contributed by atoms with E-state index in [-0.39, 0.29) is 0 Å². The topological polar surface area (TPSA) is 27.1 Å². The Labute approximate surface area is 104 Å². The lowest BCUT2D eigenvalue weighted by atomic mass is 9.93. The molecule has 2 aliphatic rings. The number of thiophene rings is 1. The van der Waals surface area contributed by atoms with Crippen LogP contribution in [0.15, 0.2) is 24.0 Å². The van der Waals surface area contributed by atoms with E-state index in [1.54, 1.807) is 0 Å². The maximum absolute atomic E-state index is 5.65. The number of imidazole rings is 1. The summed E-state index contributed by atoms with van der Waals surface area (Å²) in [6.07, 6.45) is 6.40. The Morgan fingerprint density at radius 2 is 2.47 bits per heavy atom. The molecular formula is C13H14N2OS. The van der Waals surface area contributed by atoms with Gasteiger partial charge in [0.05, 0.1) is 30.9 Å². The Balaban J connectivity index is 1.81. The monoisotopic (exact) mass is 246 g/mol. The fourth-order valence-electron chi connectivity index (χ4n) is 3.08. The van der Waals surface area contributed by atoms with Crippen molar-refractivity contribution in [1.82, 2.24) is 9.55 Å². The molecule has 0 amide bonds. The van der Waals surface area contributed by atoms with Crippen LogP contribution in [0.25, 0.3) is 11.3 Å². The van der Waals surface area contributed by atoms with E-state index in [1.165, 1.54) is 29.0 Å². The predicted molar refractivity (Wildman–Crippen MR) is 67.2 cm³/mol. The van der Waals surface area contributed by atoms with Crippen LogP contribution < -0.4 is 0 Å². The van der Waals surface area contributed by atoms with E-state index in [1.807, 2.05) is 23.9 Å². The van der Waals surface area contributed by atoms with Crippen LogP contribution in [0, 0.1) is 5.92 Å². The Morgan fingerprint density at radius 1 is 1.47 bits per heavy atom. The zero-order valence-corrected chi connectivity index (χ0v) is 10.3. The molecule has 2 aromatic heterocycles. The number of hydrogen-bond donors (Lipinski definition) is 0. The van der Waals surface area contributed by atoms with Gasteiger partial charge in [0, 0.05) is 23.0 Å². The molecule has 0 spiro atoms. The Hall–Kier alpha value is -1.13. The van der Waals surface area contributed by atoms with Crippen molar-refractivity contribution in [3.8, 4) is 11.3 Å². The number of ether oxygens (including phenoxy) is 1. The van der Waals surface area contributed by atoms with E-state index in [9.17, 15) is 0 Å². The Kier molecular flexibility index (Phi) is 2.13. The van der Waals surface area contributed by atoms with Crippen LogP contribution in [0.3, 0.4) is 0 Å². The first-order valence-electron chi connectivity index (χ1n) is 6.12. The minimum atomic E-state index is 0.461. The van der Waals surface area contributed by atoms with E-state index >= 15 is 0 Å². The molecule has 2 aromatic rings. The van der Waals surface area contributed by atoms with Crippen molar-refractivity contribution in [2.45, 2.75) is 18.9 Å². The van der Waals surface area contributed by atoms with E-state index in [2.05, 4.69) is 21.0 Å². The van der Waals surface area contributed by atoms with Gasteiger partial charge in [0.1, 0.15) is 0 Å². The molecule has 1 saturated heterocycles. The van der Waals surface area contributed by atoms with Gasteiger partial charge in [0.15, 0.2) is 0 Å². The SMILES string of the molecule is c1cc2c(s1)C(C1CCCOC1)n1cncc1-2. The van der Waals surface area contributed by atoms with E-state index in [0.717, 1.165) is 13.2 Å². The number of rotatable bonds is 1. The van der Waals surface area contributed by atoms with Gasteiger partial charge in [-0.2, -0.15) is 0 Å². The predicted octanol–water partition coefficient (Wildman–Crippen LogP) is 2.94. The molecular weight excluding hydrogens is 232 g/mol. The van der Waals surface area contributed by atoms with Crippen molar-refractivity contribution >= 4 is 11.3 Å². The van der Waals surface area contributed by atoms with Crippen molar-refractivity contribution in [3.63, 3.8) is 0 Å². The molecule has 4 rings (SSSR count). The normalized spacial score (nSPS) is 26.8. The van der Waals surface area contributed by atoms with Crippen LogP contribution in [-0.4, -0.2) is 22.8 Å². The first kappa shape index (κ1) is 9.85. The van der Waals surface area contributed by atoms with Crippen LogP contribution in [0.2, 0.25) is 0 Å². The number of fused-ring (bicyclic) bond motifs is 3. The zero-order valence-electron chi connectivity index (χ0n) is 9.50. The minimum absolute atomic E-state index is 0.461. The van der Waals surface area contributed by atoms with E-state index < -0.39 is 0 Å². The van der Waals surface area contributed by atoms with Crippen LogP contribution in [-0.2, 0) is 4.74 Å². The minimum Gasteiger partial charge on any atom is -0.381 e. The zero-order chi connectivity index (χ0) is 11.2.